The van der Waals surface area contributed by atoms with Gasteiger partial charge in [0.05, 0.1) is 37.6 Å². The minimum Gasteiger partial charge on any atom is -0.482 e. The summed E-state index contributed by atoms with van der Waals surface area (Å²) in [6, 6.07) is -0.182. The number of aromatic nitrogens is 2. The summed E-state index contributed by atoms with van der Waals surface area (Å²) in [7, 11) is 0. The lowest BCUT2D eigenvalue weighted by Crippen LogP contribution is -2.57. The fourth-order valence-corrected chi connectivity index (χ4v) is 2.74. The van der Waals surface area contributed by atoms with Crippen LogP contribution in [0.3, 0.4) is 0 Å². The molecule has 3 heterocycles. The Morgan fingerprint density at radius 1 is 1.43 bits per heavy atom. The van der Waals surface area contributed by atoms with Crippen molar-refractivity contribution in [3.8, 4) is 5.75 Å². The molecule has 2 amide bonds. The maximum atomic E-state index is 12.2. The van der Waals surface area contributed by atoms with E-state index in [0.717, 1.165) is 6.54 Å². The average Bonchev–Trinajstić information content (AvgIpc) is 3.07. The van der Waals surface area contributed by atoms with E-state index >= 15 is 0 Å². The van der Waals surface area contributed by atoms with E-state index in [1.54, 1.807) is 15.8 Å². The number of carbonyl (C=O) groups is 2. The van der Waals surface area contributed by atoms with E-state index in [0.29, 0.717) is 32.1 Å². The van der Waals surface area contributed by atoms with E-state index in [1.807, 2.05) is 13.1 Å². The second kappa shape index (κ2) is 6.57. The highest BCUT2D eigenvalue weighted by Crippen LogP contribution is 2.19. The lowest BCUT2D eigenvalue weighted by molar-refractivity contribution is -0.141. The quantitative estimate of drug-likeness (QED) is 0.800. The van der Waals surface area contributed by atoms with Crippen LogP contribution in [0, 0.1) is 5.92 Å². The zero-order valence-corrected chi connectivity index (χ0v) is 13.4. The second-order valence-corrected chi connectivity index (χ2v) is 5.96. The topological polar surface area (TPSA) is 85.7 Å². The summed E-state index contributed by atoms with van der Waals surface area (Å²) >= 11 is 0. The van der Waals surface area contributed by atoms with Gasteiger partial charge >= 0.3 is 0 Å². The zero-order chi connectivity index (χ0) is 16.4. The Morgan fingerprint density at radius 2 is 2.22 bits per heavy atom. The third kappa shape index (κ3) is 3.47. The minimum absolute atomic E-state index is 0.00685. The van der Waals surface area contributed by atoms with E-state index in [2.05, 4.69) is 10.4 Å². The number of ether oxygens (including phenoxy) is 2. The molecule has 2 fully saturated rings. The number of nitrogens with zero attached hydrogens (tertiary/aromatic N) is 3. The Bertz CT molecular complexity index is 582. The first kappa shape index (κ1) is 15.8. The highest BCUT2D eigenvalue weighted by molar-refractivity contribution is 5.83. The van der Waals surface area contributed by atoms with Crippen LogP contribution in [0.15, 0.2) is 12.4 Å². The first-order chi connectivity index (χ1) is 11.1. The summed E-state index contributed by atoms with van der Waals surface area (Å²) < 4.78 is 13.1. The largest absolute Gasteiger partial charge is 0.482 e. The molecule has 2 saturated heterocycles. The van der Waals surface area contributed by atoms with Gasteiger partial charge in [0.2, 0.25) is 11.8 Å². The summed E-state index contributed by atoms with van der Waals surface area (Å²) in [5.41, 5.74) is 0. The monoisotopic (exact) mass is 322 g/mol. The lowest BCUT2D eigenvalue weighted by atomic mass is 9.98. The maximum Gasteiger partial charge on any atom is 0.227 e. The standard InChI is InChI=1S/C15H22N4O4/c1-3-19-7-12(4-16-19)23-14-9-22-8-13(14)17-15(21)11-5-18(6-11)10(2)20/h4,7,11,13-14H,3,5-6,8-9H2,1-2H3,(H,17,21)/t13-,14+/m0/s1. The first-order valence-electron chi connectivity index (χ1n) is 7.89. The molecule has 1 aromatic heterocycles. The first-order valence-corrected chi connectivity index (χ1v) is 7.89. The number of hydrogen-bond acceptors (Lipinski definition) is 5. The Kier molecular flexibility index (Phi) is 4.51. The van der Waals surface area contributed by atoms with Crippen LogP contribution < -0.4 is 10.1 Å². The summed E-state index contributed by atoms with van der Waals surface area (Å²) in [6.45, 7) is 6.14. The fourth-order valence-electron chi connectivity index (χ4n) is 2.74. The van der Waals surface area contributed by atoms with Crippen molar-refractivity contribution in [3.05, 3.63) is 12.4 Å². The predicted molar refractivity (Wildman–Crippen MR) is 80.8 cm³/mol. The highest BCUT2D eigenvalue weighted by Gasteiger charge is 2.38. The van der Waals surface area contributed by atoms with Crippen molar-refractivity contribution < 1.29 is 19.1 Å². The van der Waals surface area contributed by atoms with E-state index in [4.69, 9.17) is 9.47 Å². The summed E-state index contributed by atoms with van der Waals surface area (Å²) in [4.78, 5) is 25.0. The highest BCUT2D eigenvalue weighted by atomic mass is 16.5. The Balaban J connectivity index is 1.51. The van der Waals surface area contributed by atoms with Gasteiger partial charge in [-0.1, -0.05) is 0 Å². The third-order valence-corrected chi connectivity index (χ3v) is 4.27. The Morgan fingerprint density at radius 3 is 2.87 bits per heavy atom. The number of hydrogen-bond donors (Lipinski definition) is 1. The molecule has 0 unspecified atom stereocenters. The smallest absolute Gasteiger partial charge is 0.227 e. The van der Waals surface area contributed by atoms with Crippen LogP contribution in [-0.2, 0) is 20.9 Å². The molecule has 8 heteroatoms. The van der Waals surface area contributed by atoms with Gasteiger partial charge in [-0.25, -0.2) is 0 Å². The molecule has 0 aromatic carbocycles. The molecule has 1 N–H and O–H groups in total. The molecule has 126 valence electrons. The minimum atomic E-state index is -0.225. The molecule has 0 radical (unpaired) electrons. The Labute approximate surface area is 134 Å². The second-order valence-electron chi connectivity index (χ2n) is 5.96. The molecule has 2 atom stereocenters. The van der Waals surface area contributed by atoms with Gasteiger partial charge in [0, 0.05) is 26.6 Å². The molecule has 0 spiro atoms. The number of aryl methyl sites for hydroxylation is 1. The Hall–Kier alpha value is -2.09. The predicted octanol–water partition coefficient (Wildman–Crippen LogP) is -0.356. The third-order valence-electron chi connectivity index (χ3n) is 4.27. The van der Waals surface area contributed by atoms with Gasteiger partial charge in [0.1, 0.15) is 6.10 Å². The van der Waals surface area contributed by atoms with Gasteiger partial charge in [-0.05, 0) is 6.92 Å². The average molecular weight is 322 g/mol. The summed E-state index contributed by atoms with van der Waals surface area (Å²) in [6.07, 6.45) is 3.27. The molecule has 0 aliphatic carbocycles. The van der Waals surface area contributed by atoms with E-state index in [1.165, 1.54) is 6.92 Å². The van der Waals surface area contributed by atoms with Gasteiger partial charge in [-0.3, -0.25) is 14.3 Å². The molecule has 3 rings (SSSR count). The van der Waals surface area contributed by atoms with Crippen LogP contribution in [-0.4, -0.2) is 64.9 Å². The van der Waals surface area contributed by atoms with Crippen molar-refractivity contribution in [1.29, 1.82) is 0 Å². The lowest BCUT2D eigenvalue weighted by Gasteiger charge is -2.38. The molecule has 23 heavy (non-hydrogen) atoms. The summed E-state index contributed by atoms with van der Waals surface area (Å²) in [5, 5.41) is 7.14. The molecule has 8 nitrogen and oxygen atoms in total. The van der Waals surface area contributed by atoms with Crippen LogP contribution in [0.25, 0.3) is 0 Å². The SMILES string of the molecule is CCn1cc(O[C@@H]2COC[C@@H]2NC(=O)C2CN(C(C)=O)C2)cn1. The summed E-state index contributed by atoms with van der Waals surface area (Å²) in [5.74, 6) is 0.499. The van der Waals surface area contributed by atoms with Crippen LogP contribution in [0.5, 0.6) is 5.75 Å². The molecule has 0 bridgehead atoms. The van der Waals surface area contributed by atoms with Crippen molar-refractivity contribution in [2.75, 3.05) is 26.3 Å². The number of carbonyl (C=O) groups excluding carboxylic acids is 2. The van der Waals surface area contributed by atoms with Crippen molar-refractivity contribution in [2.24, 2.45) is 5.92 Å². The van der Waals surface area contributed by atoms with Crippen molar-refractivity contribution in [2.45, 2.75) is 32.5 Å². The van der Waals surface area contributed by atoms with Gasteiger partial charge in [0.25, 0.3) is 0 Å². The zero-order valence-electron chi connectivity index (χ0n) is 13.4. The van der Waals surface area contributed by atoms with Crippen LogP contribution in [0.1, 0.15) is 13.8 Å². The molecule has 2 aliphatic rings. The van der Waals surface area contributed by atoms with Crippen molar-refractivity contribution in [3.63, 3.8) is 0 Å². The number of likely N-dealkylation sites (tertiary alicyclic amines) is 1. The van der Waals surface area contributed by atoms with E-state index in [9.17, 15) is 9.59 Å². The molecular weight excluding hydrogens is 300 g/mol. The maximum absolute atomic E-state index is 12.2. The van der Waals surface area contributed by atoms with Gasteiger partial charge in [0.15, 0.2) is 5.75 Å². The fraction of sp³-hybridized carbons (Fsp3) is 0.667. The molecule has 1 aromatic rings. The molecule has 0 saturated carbocycles. The van der Waals surface area contributed by atoms with Crippen LogP contribution in [0.4, 0.5) is 0 Å². The van der Waals surface area contributed by atoms with E-state index in [-0.39, 0.29) is 29.9 Å². The van der Waals surface area contributed by atoms with Gasteiger partial charge < -0.3 is 19.7 Å². The van der Waals surface area contributed by atoms with Gasteiger partial charge in [-0.15, -0.1) is 0 Å². The molecule has 2 aliphatic heterocycles. The normalized spacial score (nSPS) is 24.3. The van der Waals surface area contributed by atoms with Crippen LogP contribution in [0.2, 0.25) is 0 Å². The number of nitrogens with one attached hydrogen (secondary N) is 1. The number of amides is 2. The van der Waals surface area contributed by atoms with E-state index < -0.39 is 0 Å². The molecular formula is C15H22N4O4. The van der Waals surface area contributed by atoms with Crippen LogP contribution >= 0.6 is 0 Å². The van der Waals surface area contributed by atoms with Gasteiger partial charge in [-0.2, -0.15) is 5.10 Å². The number of rotatable bonds is 5. The van der Waals surface area contributed by atoms with Crippen molar-refractivity contribution in [1.82, 2.24) is 20.0 Å². The van der Waals surface area contributed by atoms with Crippen molar-refractivity contribution >= 4 is 11.8 Å².